The molecule has 2 N–H and O–H groups in total. The van der Waals surface area contributed by atoms with Crippen LogP contribution in [0.15, 0.2) is 29.4 Å². The number of carbonyl (C=O) groups is 1. The van der Waals surface area contributed by atoms with Crippen LogP contribution in [0.3, 0.4) is 0 Å². The van der Waals surface area contributed by atoms with Gasteiger partial charge in [-0.1, -0.05) is 11.6 Å². The highest BCUT2D eigenvalue weighted by Gasteiger charge is 2.30. The largest absolute Gasteiger partial charge is 0.573 e. The number of carboxylic acids is 1. The lowest BCUT2D eigenvalue weighted by molar-refractivity contribution is -0.274. The monoisotopic (exact) mass is 282 g/mol. The number of carboxylic acid groups (broad SMARTS) is 1. The van der Waals surface area contributed by atoms with Gasteiger partial charge >= 0.3 is 12.3 Å². The van der Waals surface area contributed by atoms with E-state index in [1.54, 1.807) is 0 Å². The molecule has 0 fully saturated rings. The zero-order chi connectivity index (χ0) is 13.8. The van der Waals surface area contributed by atoms with Crippen molar-refractivity contribution in [2.45, 2.75) is 6.36 Å². The van der Waals surface area contributed by atoms with Crippen LogP contribution in [0.25, 0.3) is 0 Å². The van der Waals surface area contributed by atoms with Gasteiger partial charge in [-0.25, -0.2) is 4.79 Å². The van der Waals surface area contributed by atoms with Crippen LogP contribution in [-0.2, 0) is 4.79 Å². The van der Waals surface area contributed by atoms with E-state index in [-0.39, 0.29) is 5.69 Å². The number of hydrogen-bond donors (Lipinski definition) is 2. The fraction of sp³-hybridized carbons (Fsp3) is 0.111. The van der Waals surface area contributed by atoms with Crippen molar-refractivity contribution < 1.29 is 27.8 Å². The van der Waals surface area contributed by atoms with Crippen molar-refractivity contribution in [2.75, 3.05) is 5.43 Å². The van der Waals surface area contributed by atoms with Gasteiger partial charge in [-0.3, -0.25) is 5.43 Å². The first-order valence-corrected chi connectivity index (χ1v) is 4.74. The smallest absolute Gasteiger partial charge is 0.476 e. The second-order valence-corrected chi connectivity index (χ2v) is 3.25. The van der Waals surface area contributed by atoms with E-state index >= 15 is 0 Å². The van der Waals surface area contributed by atoms with E-state index in [0.717, 1.165) is 12.1 Å². The Morgan fingerprint density at radius 3 is 2.33 bits per heavy atom. The van der Waals surface area contributed by atoms with E-state index < -0.39 is 23.3 Å². The van der Waals surface area contributed by atoms with Gasteiger partial charge in [0, 0.05) is 0 Å². The molecule has 0 radical (unpaired) electrons. The van der Waals surface area contributed by atoms with Gasteiger partial charge in [0.25, 0.3) is 0 Å². The summed E-state index contributed by atoms with van der Waals surface area (Å²) in [5.41, 5.74) is 2.51. The standard InChI is InChI=1S/C9H6ClF3N2O3/c10-7(8(16)17)15-14-5-1-3-6(4-2-5)18-9(11,12)13/h1-4,14H,(H,16,17)/b15-7+. The molecule has 0 aliphatic carbocycles. The highest BCUT2D eigenvalue weighted by Crippen LogP contribution is 2.23. The maximum atomic E-state index is 11.8. The summed E-state index contributed by atoms with van der Waals surface area (Å²) in [5, 5.41) is 10.9. The number of nitrogens with one attached hydrogen (secondary N) is 1. The highest BCUT2D eigenvalue weighted by molar-refractivity contribution is 6.81. The molecule has 18 heavy (non-hydrogen) atoms. The van der Waals surface area contributed by atoms with E-state index in [9.17, 15) is 18.0 Å². The van der Waals surface area contributed by atoms with Crippen molar-refractivity contribution >= 4 is 28.4 Å². The van der Waals surface area contributed by atoms with Gasteiger partial charge in [0.2, 0.25) is 5.17 Å². The second kappa shape index (κ2) is 5.58. The number of alkyl halides is 3. The summed E-state index contributed by atoms with van der Waals surface area (Å²) in [6.45, 7) is 0. The lowest BCUT2D eigenvalue weighted by Gasteiger charge is -2.08. The summed E-state index contributed by atoms with van der Waals surface area (Å²) >= 11 is 5.20. The zero-order valence-electron chi connectivity index (χ0n) is 8.53. The zero-order valence-corrected chi connectivity index (χ0v) is 9.29. The van der Waals surface area contributed by atoms with Crippen LogP contribution in [0.2, 0.25) is 0 Å². The van der Waals surface area contributed by atoms with Crippen LogP contribution in [0.1, 0.15) is 0 Å². The maximum Gasteiger partial charge on any atom is 0.573 e. The first-order chi connectivity index (χ1) is 8.28. The molecule has 5 nitrogen and oxygen atoms in total. The third-order valence-electron chi connectivity index (χ3n) is 1.55. The van der Waals surface area contributed by atoms with E-state index in [0.29, 0.717) is 0 Å². The molecule has 0 bridgehead atoms. The minimum Gasteiger partial charge on any atom is -0.476 e. The fourth-order valence-corrected chi connectivity index (χ4v) is 0.935. The third kappa shape index (κ3) is 4.91. The van der Waals surface area contributed by atoms with E-state index in [1.165, 1.54) is 12.1 Å². The number of aliphatic carboxylic acids is 1. The molecule has 0 aromatic heterocycles. The van der Waals surface area contributed by atoms with Gasteiger partial charge in [0.15, 0.2) is 0 Å². The van der Waals surface area contributed by atoms with Gasteiger partial charge in [0.1, 0.15) is 5.75 Å². The van der Waals surface area contributed by atoms with Gasteiger partial charge in [-0.2, -0.15) is 5.10 Å². The lowest BCUT2D eigenvalue weighted by Crippen LogP contribution is -2.17. The van der Waals surface area contributed by atoms with Crippen molar-refractivity contribution in [1.82, 2.24) is 0 Å². The molecule has 0 amide bonds. The molecular weight excluding hydrogens is 277 g/mol. The molecule has 0 aliphatic rings. The summed E-state index contributed by atoms with van der Waals surface area (Å²) < 4.78 is 39.2. The summed E-state index contributed by atoms with van der Waals surface area (Å²) in [5.74, 6) is -1.83. The molecule has 0 atom stereocenters. The minimum atomic E-state index is -4.76. The van der Waals surface area contributed by atoms with Gasteiger partial charge < -0.3 is 9.84 Å². The van der Waals surface area contributed by atoms with E-state index in [1.807, 2.05) is 0 Å². The van der Waals surface area contributed by atoms with Crippen LogP contribution < -0.4 is 10.2 Å². The van der Waals surface area contributed by atoms with Gasteiger partial charge in [0.05, 0.1) is 5.69 Å². The van der Waals surface area contributed by atoms with E-state index in [4.69, 9.17) is 16.7 Å². The van der Waals surface area contributed by atoms with Crippen molar-refractivity contribution in [3.8, 4) is 5.75 Å². The number of benzene rings is 1. The number of hydrazone groups is 1. The Balaban J connectivity index is 2.66. The van der Waals surface area contributed by atoms with Crippen LogP contribution in [0.5, 0.6) is 5.75 Å². The predicted molar refractivity (Wildman–Crippen MR) is 57.7 cm³/mol. The Morgan fingerprint density at radius 2 is 1.89 bits per heavy atom. The van der Waals surface area contributed by atoms with E-state index in [2.05, 4.69) is 15.3 Å². The Morgan fingerprint density at radius 1 is 1.33 bits per heavy atom. The average molecular weight is 283 g/mol. The van der Waals surface area contributed by atoms with Gasteiger partial charge in [-0.15, -0.1) is 13.2 Å². The summed E-state index contributed by atoms with van der Waals surface area (Å²) in [6.07, 6.45) is -4.76. The molecule has 0 spiro atoms. The Labute approximate surface area is 104 Å². The van der Waals surface area contributed by atoms with Gasteiger partial charge in [-0.05, 0) is 24.3 Å². The molecule has 0 aliphatic heterocycles. The maximum absolute atomic E-state index is 11.8. The third-order valence-corrected chi connectivity index (χ3v) is 1.79. The summed E-state index contributed by atoms with van der Waals surface area (Å²) in [4.78, 5) is 10.3. The average Bonchev–Trinajstić information content (AvgIpc) is 2.25. The molecule has 0 saturated carbocycles. The van der Waals surface area contributed by atoms with Crippen LogP contribution in [0.4, 0.5) is 18.9 Å². The number of anilines is 1. The molecule has 9 heteroatoms. The normalized spacial score (nSPS) is 12.1. The Kier molecular flexibility index (Phi) is 4.38. The summed E-state index contributed by atoms with van der Waals surface area (Å²) in [6, 6.07) is 4.52. The Bertz CT molecular complexity index is 459. The highest BCUT2D eigenvalue weighted by atomic mass is 35.5. The number of nitrogens with zero attached hydrogens (tertiary/aromatic N) is 1. The molecule has 0 unspecified atom stereocenters. The first kappa shape index (κ1) is 14.1. The Hall–Kier alpha value is -1.96. The van der Waals surface area contributed by atoms with Crippen molar-refractivity contribution in [3.05, 3.63) is 24.3 Å². The predicted octanol–water partition coefficient (Wildman–Crippen LogP) is 2.63. The molecule has 1 rings (SSSR count). The second-order valence-electron chi connectivity index (χ2n) is 2.89. The molecule has 0 saturated heterocycles. The fourth-order valence-electron chi connectivity index (χ4n) is 0.893. The molecular formula is C9H6ClF3N2O3. The topological polar surface area (TPSA) is 70.9 Å². The molecule has 1 aromatic rings. The molecule has 0 heterocycles. The molecule has 1 aromatic carbocycles. The first-order valence-electron chi connectivity index (χ1n) is 4.36. The number of halogens is 4. The number of rotatable bonds is 4. The van der Waals surface area contributed by atoms with Crippen LogP contribution in [-0.4, -0.2) is 22.6 Å². The quantitative estimate of drug-likeness (QED) is 0.658. The lowest BCUT2D eigenvalue weighted by atomic mass is 10.3. The SMILES string of the molecule is O=C(O)/C(Cl)=N\Nc1ccc(OC(F)(F)F)cc1. The number of ether oxygens (including phenoxy) is 1. The van der Waals surface area contributed by atoms with Crippen molar-refractivity contribution in [3.63, 3.8) is 0 Å². The number of hydrogen-bond acceptors (Lipinski definition) is 4. The van der Waals surface area contributed by atoms with Crippen molar-refractivity contribution in [1.29, 1.82) is 0 Å². The molecule has 98 valence electrons. The minimum absolute atomic E-state index is 0.254. The summed E-state index contributed by atoms with van der Waals surface area (Å²) in [7, 11) is 0. The van der Waals surface area contributed by atoms with Crippen LogP contribution >= 0.6 is 11.6 Å². The van der Waals surface area contributed by atoms with Crippen molar-refractivity contribution in [2.24, 2.45) is 5.10 Å². The van der Waals surface area contributed by atoms with Crippen LogP contribution in [0, 0.1) is 0 Å².